The molecule has 102 valence electrons. The third kappa shape index (κ3) is 3.94. The van der Waals surface area contributed by atoms with Crippen LogP contribution < -0.4 is 10.6 Å². The van der Waals surface area contributed by atoms with Gasteiger partial charge in [0.1, 0.15) is 0 Å². The van der Waals surface area contributed by atoms with Crippen molar-refractivity contribution in [2.24, 2.45) is 4.99 Å². The molecule has 3 amide bonds. The number of rotatable bonds is 1. The van der Waals surface area contributed by atoms with Gasteiger partial charge in [-0.15, -0.1) is 0 Å². The topological polar surface area (TPSA) is 105 Å². The molecule has 0 unspecified atom stereocenters. The van der Waals surface area contributed by atoms with Crippen LogP contribution in [0.15, 0.2) is 29.3 Å². The molecule has 1 saturated heterocycles. The van der Waals surface area contributed by atoms with Crippen molar-refractivity contribution in [3.8, 4) is 0 Å². The number of halogens is 1. The highest BCUT2D eigenvalue weighted by atomic mass is 35.5. The number of carbonyl (C=O) groups excluding carboxylic acids is 2. The molecular formula is C11H13ClN4O3. The number of hydrogen-bond acceptors (Lipinski definition) is 2. The summed E-state index contributed by atoms with van der Waals surface area (Å²) in [4.78, 5) is 28.0. The van der Waals surface area contributed by atoms with Gasteiger partial charge < -0.3 is 15.7 Å². The van der Waals surface area contributed by atoms with Crippen LogP contribution in [-0.4, -0.2) is 41.9 Å². The van der Waals surface area contributed by atoms with E-state index in [1.165, 1.54) is 0 Å². The minimum atomic E-state index is -0.568. The number of anilines is 1. The molecule has 0 radical (unpaired) electrons. The lowest BCUT2D eigenvalue weighted by Crippen LogP contribution is -2.29. The summed E-state index contributed by atoms with van der Waals surface area (Å²) in [6.07, 6.45) is 0. The van der Waals surface area contributed by atoms with Crippen LogP contribution in [0.2, 0.25) is 5.02 Å². The first kappa shape index (κ1) is 14.9. The maximum Gasteiger partial charge on any atom is 0.348 e. The van der Waals surface area contributed by atoms with Gasteiger partial charge in [-0.05, 0) is 18.2 Å². The van der Waals surface area contributed by atoms with Gasteiger partial charge in [-0.25, -0.2) is 4.79 Å². The fourth-order valence-corrected chi connectivity index (χ4v) is 1.67. The number of nitrogens with one attached hydrogen (secondary N) is 2. The van der Waals surface area contributed by atoms with Gasteiger partial charge in [-0.1, -0.05) is 17.7 Å². The zero-order valence-corrected chi connectivity index (χ0v) is 10.9. The summed E-state index contributed by atoms with van der Waals surface area (Å²) in [5, 5.41) is 5.56. The molecule has 19 heavy (non-hydrogen) atoms. The lowest BCUT2D eigenvalue weighted by Gasteiger charge is -2.08. The Bertz CT molecular complexity index is 532. The Morgan fingerprint density at radius 2 is 2.26 bits per heavy atom. The number of likely N-dealkylation sites (N-methyl/N-ethyl adjacent to an activating group) is 1. The molecule has 1 aliphatic heterocycles. The van der Waals surface area contributed by atoms with Gasteiger partial charge in [0.05, 0.1) is 6.54 Å². The van der Waals surface area contributed by atoms with E-state index >= 15 is 0 Å². The highest BCUT2D eigenvalue weighted by molar-refractivity contribution is 6.30. The van der Waals surface area contributed by atoms with Gasteiger partial charge in [0.25, 0.3) is 0 Å². The number of urea groups is 1. The number of hydrogen-bond donors (Lipinski definition) is 2. The Kier molecular flexibility index (Phi) is 4.85. The first-order valence-corrected chi connectivity index (χ1v) is 5.58. The summed E-state index contributed by atoms with van der Waals surface area (Å²) in [6.45, 7) is 0.198. The summed E-state index contributed by atoms with van der Waals surface area (Å²) in [5.41, 5.74) is 0.545. The van der Waals surface area contributed by atoms with Crippen molar-refractivity contribution in [1.29, 1.82) is 0 Å². The number of carbonyl (C=O) groups is 2. The van der Waals surface area contributed by atoms with Crippen molar-refractivity contribution in [3.05, 3.63) is 29.3 Å². The molecule has 8 heteroatoms. The summed E-state index contributed by atoms with van der Waals surface area (Å²) in [7, 11) is 1.67. The monoisotopic (exact) mass is 284 g/mol. The standard InChI is InChI=1S/C11H11ClN4O2.H2O/c1-16-6-9(17)14-10(16)15-11(18)13-8-4-2-3-7(12)5-8;/h2-5H,6H2,1H3,(H2,13,14,15,17,18);1H2. The minimum Gasteiger partial charge on any atom is -0.412 e. The zero-order chi connectivity index (χ0) is 13.1. The Labute approximate surface area is 114 Å². The average Bonchev–Trinajstić information content (AvgIpc) is 2.57. The molecule has 7 nitrogen and oxygen atoms in total. The van der Waals surface area contributed by atoms with Crippen molar-refractivity contribution in [2.45, 2.75) is 0 Å². The van der Waals surface area contributed by atoms with Gasteiger partial charge >= 0.3 is 6.03 Å². The van der Waals surface area contributed by atoms with Gasteiger partial charge in [-0.3, -0.25) is 10.1 Å². The van der Waals surface area contributed by atoms with Gasteiger partial charge in [0, 0.05) is 17.8 Å². The summed E-state index contributed by atoms with van der Waals surface area (Å²) < 4.78 is 0. The second-order valence-corrected chi connectivity index (χ2v) is 4.22. The number of guanidine groups is 1. The fourth-order valence-electron chi connectivity index (χ4n) is 1.48. The fraction of sp³-hybridized carbons (Fsp3) is 0.182. The molecule has 1 heterocycles. The highest BCUT2D eigenvalue weighted by Gasteiger charge is 2.22. The minimum absolute atomic E-state index is 0. The van der Waals surface area contributed by atoms with Gasteiger partial charge in [-0.2, -0.15) is 4.99 Å². The molecule has 0 aliphatic carbocycles. The lowest BCUT2D eigenvalue weighted by molar-refractivity contribution is -0.118. The predicted molar refractivity (Wildman–Crippen MR) is 72.3 cm³/mol. The number of amides is 3. The van der Waals surface area contributed by atoms with E-state index in [-0.39, 0.29) is 23.9 Å². The molecule has 0 spiro atoms. The number of aliphatic imine (C=N–C) groups is 1. The summed E-state index contributed by atoms with van der Waals surface area (Å²) in [6, 6.07) is 6.15. The maximum atomic E-state index is 11.6. The Morgan fingerprint density at radius 1 is 1.53 bits per heavy atom. The molecule has 0 atom stereocenters. The molecule has 1 aromatic carbocycles. The molecule has 0 saturated carbocycles. The van der Waals surface area contributed by atoms with E-state index in [1.807, 2.05) is 0 Å². The van der Waals surface area contributed by atoms with Crippen LogP contribution in [0.1, 0.15) is 0 Å². The van der Waals surface area contributed by atoms with Crippen LogP contribution in [0.4, 0.5) is 10.5 Å². The predicted octanol–water partition coefficient (Wildman–Crippen LogP) is 0.465. The Balaban J connectivity index is 0.00000180. The molecule has 1 aliphatic rings. The third-order valence-electron chi connectivity index (χ3n) is 2.28. The third-order valence-corrected chi connectivity index (χ3v) is 2.51. The van der Waals surface area contributed by atoms with Crippen molar-refractivity contribution in [2.75, 3.05) is 18.9 Å². The van der Waals surface area contributed by atoms with Crippen LogP contribution in [-0.2, 0) is 4.79 Å². The number of nitrogens with zero attached hydrogens (tertiary/aromatic N) is 2. The zero-order valence-electron chi connectivity index (χ0n) is 10.1. The molecule has 0 aromatic heterocycles. The van der Waals surface area contributed by atoms with Crippen LogP contribution in [0.3, 0.4) is 0 Å². The summed E-state index contributed by atoms with van der Waals surface area (Å²) >= 11 is 5.79. The largest absolute Gasteiger partial charge is 0.412 e. The molecular weight excluding hydrogens is 272 g/mol. The summed E-state index contributed by atoms with van der Waals surface area (Å²) in [5.74, 6) is 0.0475. The van der Waals surface area contributed by atoms with E-state index < -0.39 is 6.03 Å². The van der Waals surface area contributed by atoms with E-state index in [0.717, 1.165) is 0 Å². The quantitative estimate of drug-likeness (QED) is 0.782. The van der Waals surface area contributed by atoms with Crippen molar-refractivity contribution in [1.82, 2.24) is 10.2 Å². The molecule has 1 fully saturated rings. The van der Waals surface area contributed by atoms with Crippen molar-refractivity contribution >= 4 is 35.2 Å². The second-order valence-electron chi connectivity index (χ2n) is 3.78. The SMILES string of the molecule is CN1CC(=O)N/C1=N\C(=O)Nc1cccc(Cl)c1.O. The number of benzene rings is 1. The van der Waals surface area contributed by atoms with Crippen LogP contribution in [0.25, 0.3) is 0 Å². The van der Waals surface area contributed by atoms with Gasteiger partial charge in [0.2, 0.25) is 11.9 Å². The normalized spacial score (nSPS) is 16.0. The van der Waals surface area contributed by atoms with Crippen molar-refractivity contribution < 1.29 is 15.1 Å². The van der Waals surface area contributed by atoms with E-state index in [9.17, 15) is 9.59 Å². The molecule has 2 rings (SSSR count). The Morgan fingerprint density at radius 3 is 2.84 bits per heavy atom. The first-order valence-electron chi connectivity index (χ1n) is 5.21. The second kappa shape index (κ2) is 6.17. The highest BCUT2D eigenvalue weighted by Crippen LogP contribution is 2.15. The first-order chi connectivity index (χ1) is 8.54. The smallest absolute Gasteiger partial charge is 0.348 e. The molecule has 4 N–H and O–H groups in total. The van der Waals surface area contributed by atoms with Crippen LogP contribution >= 0.6 is 11.6 Å². The van der Waals surface area contributed by atoms with E-state index in [1.54, 1.807) is 36.2 Å². The van der Waals surface area contributed by atoms with E-state index in [2.05, 4.69) is 15.6 Å². The van der Waals surface area contributed by atoms with Crippen molar-refractivity contribution in [3.63, 3.8) is 0 Å². The van der Waals surface area contributed by atoms with Crippen LogP contribution in [0.5, 0.6) is 0 Å². The average molecular weight is 285 g/mol. The molecule has 1 aromatic rings. The lowest BCUT2D eigenvalue weighted by atomic mass is 10.3. The Hall–Kier alpha value is -2.12. The van der Waals surface area contributed by atoms with E-state index in [0.29, 0.717) is 10.7 Å². The van der Waals surface area contributed by atoms with Gasteiger partial charge in [0.15, 0.2) is 0 Å². The van der Waals surface area contributed by atoms with Crippen LogP contribution in [0, 0.1) is 0 Å². The maximum absolute atomic E-state index is 11.6. The molecule has 0 bridgehead atoms. The van der Waals surface area contributed by atoms with E-state index in [4.69, 9.17) is 11.6 Å².